The van der Waals surface area contributed by atoms with Gasteiger partial charge in [-0.1, -0.05) is 6.92 Å². The molecular formula is C10H15BrN2O. The quantitative estimate of drug-likeness (QED) is 0.843. The second-order valence-electron chi connectivity index (χ2n) is 3.39. The first-order chi connectivity index (χ1) is 6.72. The molecule has 1 atom stereocenters. The summed E-state index contributed by atoms with van der Waals surface area (Å²) in [5.74, 6) is 0.297. The summed E-state index contributed by atoms with van der Waals surface area (Å²) >= 11 is 3.33. The van der Waals surface area contributed by atoms with Crippen molar-refractivity contribution in [3.05, 3.63) is 28.5 Å². The van der Waals surface area contributed by atoms with Crippen LogP contribution in [0.15, 0.2) is 22.8 Å². The number of rotatable bonds is 5. The van der Waals surface area contributed by atoms with Crippen molar-refractivity contribution in [2.24, 2.45) is 5.92 Å². The molecule has 2 N–H and O–H groups in total. The fourth-order valence-electron chi connectivity index (χ4n) is 1.02. The van der Waals surface area contributed by atoms with Gasteiger partial charge in [0.2, 0.25) is 0 Å². The average Bonchev–Trinajstić information content (AvgIpc) is 2.21. The van der Waals surface area contributed by atoms with Gasteiger partial charge in [-0.3, -0.25) is 4.98 Å². The molecule has 0 aliphatic rings. The van der Waals surface area contributed by atoms with E-state index in [1.54, 1.807) is 6.20 Å². The summed E-state index contributed by atoms with van der Waals surface area (Å²) in [5, 5.41) is 12.0. The molecule has 0 fully saturated rings. The molecule has 0 spiro atoms. The largest absolute Gasteiger partial charge is 0.396 e. The van der Waals surface area contributed by atoms with Crippen molar-refractivity contribution in [2.45, 2.75) is 13.5 Å². The molecule has 1 unspecified atom stereocenters. The Balaban J connectivity index is 2.28. The molecular weight excluding hydrogens is 244 g/mol. The van der Waals surface area contributed by atoms with Crippen LogP contribution < -0.4 is 5.32 Å². The smallest absolute Gasteiger partial charge is 0.0542 e. The third-order valence-corrected chi connectivity index (χ3v) is 2.37. The summed E-state index contributed by atoms with van der Waals surface area (Å²) in [6.45, 7) is 3.79. The second kappa shape index (κ2) is 6.11. The first-order valence-corrected chi connectivity index (χ1v) is 5.43. The topological polar surface area (TPSA) is 45.1 Å². The molecule has 0 saturated carbocycles. The number of aromatic nitrogens is 1. The highest BCUT2D eigenvalue weighted by molar-refractivity contribution is 9.10. The molecule has 1 heterocycles. The van der Waals surface area contributed by atoms with Gasteiger partial charge in [0.15, 0.2) is 0 Å². The van der Waals surface area contributed by atoms with Gasteiger partial charge < -0.3 is 10.4 Å². The predicted molar refractivity (Wildman–Crippen MR) is 59.9 cm³/mol. The molecule has 0 bridgehead atoms. The van der Waals surface area contributed by atoms with E-state index in [2.05, 4.69) is 26.2 Å². The molecule has 0 aliphatic carbocycles. The van der Waals surface area contributed by atoms with E-state index in [0.717, 1.165) is 23.3 Å². The molecule has 78 valence electrons. The predicted octanol–water partition coefficient (Wildman–Crippen LogP) is 1.56. The van der Waals surface area contributed by atoms with Gasteiger partial charge in [0.05, 0.1) is 5.69 Å². The molecule has 0 aromatic carbocycles. The van der Waals surface area contributed by atoms with Gasteiger partial charge in [0.1, 0.15) is 0 Å². The third-order valence-electron chi connectivity index (χ3n) is 1.90. The Labute approximate surface area is 92.7 Å². The lowest BCUT2D eigenvalue weighted by molar-refractivity contribution is 0.233. The number of nitrogens with one attached hydrogen (secondary N) is 1. The van der Waals surface area contributed by atoms with E-state index in [1.165, 1.54) is 0 Å². The van der Waals surface area contributed by atoms with E-state index in [9.17, 15) is 0 Å². The highest BCUT2D eigenvalue weighted by Crippen LogP contribution is 2.07. The Morgan fingerprint density at radius 1 is 1.57 bits per heavy atom. The lowest BCUT2D eigenvalue weighted by Crippen LogP contribution is -2.23. The Kier molecular flexibility index (Phi) is 5.07. The van der Waals surface area contributed by atoms with Crippen molar-refractivity contribution in [1.82, 2.24) is 10.3 Å². The summed E-state index contributed by atoms with van der Waals surface area (Å²) in [6.07, 6.45) is 1.78. The second-order valence-corrected chi connectivity index (χ2v) is 4.30. The Bertz CT molecular complexity index is 263. The van der Waals surface area contributed by atoms with Gasteiger partial charge in [-0.05, 0) is 34.0 Å². The molecule has 3 nitrogen and oxygen atoms in total. The van der Waals surface area contributed by atoms with Gasteiger partial charge in [0, 0.05) is 30.4 Å². The van der Waals surface area contributed by atoms with Crippen molar-refractivity contribution in [3.63, 3.8) is 0 Å². The molecule has 0 amide bonds. The van der Waals surface area contributed by atoms with E-state index in [0.29, 0.717) is 5.92 Å². The molecule has 1 aromatic heterocycles. The molecule has 14 heavy (non-hydrogen) atoms. The summed E-state index contributed by atoms with van der Waals surface area (Å²) in [4.78, 5) is 4.23. The van der Waals surface area contributed by atoms with Gasteiger partial charge in [0.25, 0.3) is 0 Å². The summed E-state index contributed by atoms with van der Waals surface area (Å²) in [5.41, 5.74) is 1.01. The minimum atomic E-state index is 0.223. The average molecular weight is 259 g/mol. The zero-order chi connectivity index (χ0) is 10.4. The van der Waals surface area contributed by atoms with E-state index >= 15 is 0 Å². The van der Waals surface area contributed by atoms with Crippen LogP contribution in [-0.2, 0) is 6.54 Å². The van der Waals surface area contributed by atoms with Crippen LogP contribution in [0.25, 0.3) is 0 Å². The summed E-state index contributed by atoms with van der Waals surface area (Å²) in [6, 6.07) is 3.94. The third kappa shape index (κ3) is 4.17. The Hall–Kier alpha value is -0.450. The molecule has 0 saturated heterocycles. The zero-order valence-corrected chi connectivity index (χ0v) is 9.79. The van der Waals surface area contributed by atoms with Crippen LogP contribution in [0.1, 0.15) is 12.6 Å². The molecule has 0 radical (unpaired) electrons. The van der Waals surface area contributed by atoms with E-state index in [-0.39, 0.29) is 6.61 Å². The molecule has 0 aliphatic heterocycles. The van der Waals surface area contributed by atoms with Crippen molar-refractivity contribution < 1.29 is 5.11 Å². The van der Waals surface area contributed by atoms with Crippen molar-refractivity contribution in [2.75, 3.05) is 13.2 Å². The lowest BCUT2D eigenvalue weighted by atomic mass is 10.2. The fourth-order valence-corrected chi connectivity index (χ4v) is 1.26. The molecule has 1 aromatic rings. The van der Waals surface area contributed by atoms with Gasteiger partial charge in [-0.2, -0.15) is 0 Å². The first kappa shape index (κ1) is 11.6. The Morgan fingerprint density at radius 3 is 2.93 bits per heavy atom. The van der Waals surface area contributed by atoms with Gasteiger partial charge in [-0.25, -0.2) is 0 Å². The molecule has 4 heteroatoms. The number of halogens is 1. The van der Waals surface area contributed by atoms with Crippen LogP contribution >= 0.6 is 15.9 Å². The van der Waals surface area contributed by atoms with Crippen LogP contribution in [0.5, 0.6) is 0 Å². The van der Waals surface area contributed by atoms with Crippen molar-refractivity contribution in [1.29, 1.82) is 0 Å². The number of hydrogen-bond acceptors (Lipinski definition) is 3. The van der Waals surface area contributed by atoms with Gasteiger partial charge in [-0.15, -0.1) is 0 Å². The normalized spacial score (nSPS) is 12.8. The molecule has 1 rings (SSSR count). The Morgan fingerprint density at radius 2 is 2.36 bits per heavy atom. The first-order valence-electron chi connectivity index (χ1n) is 4.64. The van der Waals surface area contributed by atoms with E-state index in [1.807, 2.05) is 19.1 Å². The highest BCUT2D eigenvalue weighted by Gasteiger charge is 1.99. The highest BCUT2D eigenvalue weighted by atomic mass is 79.9. The van der Waals surface area contributed by atoms with Crippen LogP contribution in [0.4, 0.5) is 0 Å². The van der Waals surface area contributed by atoms with Crippen LogP contribution in [-0.4, -0.2) is 23.2 Å². The standard InChI is InChI=1S/C10H15BrN2O/c1-8(7-14)4-12-6-10-3-2-9(11)5-13-10/h2-3,5,8,12,14H,4,6-7H2,1H3. The number of aliphatic hydroxyl groups excluding tert-OH is 1. The van der Waals surface area contributed by atoms with E-state index in [4.69, 9.17) is 5.11 Å². The maximum Gasteiger partial charge on any atom is 0.0542 e. The maximum atomic E-state index is 8.81. The number of hydrogen-bond donors (Lipinski definition) is 2. The van der Waals surface area contributed by atoms with Gasteiger partial charge >= 0.3 is 0 Å². The fraction of sp³-hybridized carbons (Fsp3) is 0.500. The summed E-state index contributed by atoms with van der Waals surface area (Å²) < 4.78 is 0.991. The minimum Gasteiger partial charge on any atom is -0.396 e. The number of nitrogens with zero attached hydrogens (tertiary/aromatic N) is 1. The maximum absolute atomic E-state index is 8.81. The lowest BCUT2D eigenvalue weighted by Gasteiger charge is -2.08. The number of aliphatic hydroxyl groups is 1. The SMILES string of the molecule is CC(CO)CNCc1ccc(Br)cn1. The van der Waals surface area contributed by atoms with Crippen LogP contribution in [0.2, 0.25) is 0 Å². The zero-order valence-electron chi connectivity index (χ0n) is 8.20. The van der Waals surface area contributed by atoms with E-state index < -0.39 is 0 Å². The monoisotopic (exact) mass is 258 g/mol. The summed E-state index contributed by atoms with van der Waals surface area (Å²) in [7, 11) is 0. The van der Waals surface area contributed by atoms with Crippen molar-refractivity contribution >= 4 is 15.9 Å². The minimum absolute atomic E-state index is 0.223. The van der Waals surface area contributed by atoms with Crippen molar-refractivity contribution in [3.8, 4) is 0 Å². The van der Waals surface area contributed by atoms with Crippen LogP contribution in [0, 0.1) is 5.92 Å². The van der Waals surface area contributed by atoms with Crippen LogP contribution in [0.3, 0.4) is 0 Å². The number of pyridine rings is 1.